The van der Waals surface area contributed by atoms with Crippen LogP contribution in [0.15, 0.2) is 18.3 Å². The van der Waals surface area contributed by atoms with E-state index in [9.17, 15) is 14.4 Å². The quantitative estimate of drug-likeness (QED) is 0.732. The van der Waals surface area contributed by atoms with Crippen LogP contribution in [-0.4, -0.2) is 21.8 Å². The van der Waals surface area contributed by atoms with Crippen LogP contribution in [0.5, 0.6) is 0 Å². The first-order valence-corrected chi connectivity index (χ1v) is 8.69. The van der Waals surface area contributed by atoms with Crippen LogP contribution in [0.4, 0.5) is 5.82 Å². The van der Waals surface area contributed by atoms with E-state index < -0.39 is 24.3 Å². The van der Waals surface area contributed by atoms with E-state index in [1.54, 1.807) is 25.4 Å². The van der Waals surface area contributed by atoms with Crippen molar-refractivity contribution in [1.29, 1.82) is 0 Å². The van der Waals surface area contributed by atoms with Gasteiger partial charge in [0, 0.05) is 18.8 Å². The van der Waals surface area contributed by atoms with Crippen molar-refractivity contribution in [2.45, 2.75) is 47.1 Å². The first kappa shape index (κ1) is 19.1. The zero-order valence-corrected chi connectivity index (χ0v) is 15.2. The van der Waals surface area contributed by atoms with Crippen LogP contribution in [0.25, 0.3) is 0 Å². The van der Waals surface area contributed by atoms with Crippen LogP contribution in [0.3, 0.4) is 0 Å². The van der Waals surface area contributed by atoms with Crippen LogP contribution in [0, 0.1) is 10.8 Å². The Morgan fingerprint density at radius 3 is 2.00 bits per heavy atom. The highest BCUT2D eigenvalue weighted by Crippen LogP contribution is 2.61. The third-order valence-corrected chi connectivity index (χ3v) is 4.30. The molecule has 0 bridgehead atoms. The monoisotopic (exact) mass is 330 g/mol. The van der Waals surface area contributed by atoms with Gasteiger partial charge >= 0.3 is 7.82 Å². The van der Waals surface area contributed by atoms with E-state index in [4.69, 9.17) is 4.52 Å². The van der Waals surface area contributed by atoms with Crippen molar-refractivity contribution in [3.63, 3.8) is 0 Å². The molecule has 22 heavy (non-hydrogen) atoms. The molecule has 0 radical (unpaired) electrons. The number of nitrogens with zero attached hydrogens (tertiary/aromatic N) is 1. The lowest BCUT2D eigenvalue weighted by atomic mass is 9.59. The molecule has 0 unspecified atom stereocenters. The van der Waals surface area contributed by atoms with E-state index in [0.717, 1.165) is 0 Å². The van der Waals surface area contributed by atoms with Crippen molar-refractivity contribution in [3.8, 4) is 0 Å². The fourth-order valence-corrected chi connectivity index (χ4v) is 4.33. The van der Waals surface area contributed by atoms with Gasteiger partial charge in [0.05, 0.1) is 0 Å². The molecule has 6 nitrogen and oxygen atoms in total. The molecule has 0 aromatic carbocycles. The van der Waals surface area contributed by atoms with Crippen molar-refractivity contribution < 1.29 is 18.9 Å². The summed E-state index contributed by atoms with van der Waals surface area (Å²) in [4.78, 5) is 23.4. The molecule has 7 heteroatoms. The van der Waals surface area contributed by atoms with Crippen molar-refractivity contribution in [1.82, 2.24) is 4.98 Å². The summed E-state index contributed by atoms with van der Waals surface area (Å²) in [5, 5.41) is 2.99. The van der Waals surface area contributed by atoms with Crippen molar-refractivity contribution in [3.05, 3.63) is 23.9 Å². The van der Waals surface area contributed by atoms with Crippen molar-refractivity contribution in [2.24, 2.45) is 10.8 Å². The molecule has 0 aliphatic heterocycles. The number of aromatic nitrogens is 1. The Bertz CT molecular complexity index is 556. The Balaban J connectivity index is 3.82. The number of hydrogen-bond donors (Lipinski definition) is 3. The minimum Gasteiger partial charge on any atom is -0.373 e. The number of nitrogens with one attached hydrogen (secondary N) is 1. The summed E-state index contributed by atoms with van der Waals surface area (Å²) in [6, 6.07) is 3.54. The lowest BCUT2D eigenvalue weighted by molar-refractivity contribution is -0.135. The van der Waals surface area contributed by atoms with Crippen molar-refractivity contribution >= 4 is 13.6 Å². The number of rotatable bonds is 4. The lowest BCUT2D eigenvalue weighted by Gasteiger charge is -2.53. The summed E-state index contributed by atoms with van der Waals surface area (Å²) in [6.45, 7) is 11.4. The van der Waals surface area contributed by atoms with Crippen LogP contribution in [0.1, 0.15) is 47.1 Å². The molecule has 0 saturated carbocycles. The van der Waals surface area contributed by atoms with Gasteiger partial charge in [-0.05, 0) is 16.9 Å². The predicted molar refractivity (Wildman–Crippen MR) is 87.5 cm³/mol. The second kappa shape index (κ2) is 5.93. The van der Waals surface area contributed by atoms with E-state index >= 15 is 0 Å². The largest absolute Gasteiger partial charge is 0.470 e. The molecular weight excluding hydrogens is 303 g/mol. The van der Waals surface area contributed by atoms with Gasteiger partial charge in [-0.2, -0.15) is 0 Å². The maximum atomic E-state index is 11.7. The standard InChI is InChI=1S/C15H27N2O4P/c1-13(2,3)15(14(4,5)6,21-22(18,19)20)11-9-8-10-17-12(11)16-7/h8-10H,1-7H3,(H,16,17)(H2,18,19,20). The van der Waals surface area contributed by atoms with Gasteiger partial charge in [-0.3, -0.25) is 4.52 Å². The fraction of sp³-hybridized carbons (Fsp3) is 0.667. The summed E-state index contributed by atoms with van der Waals surface area (Å²) < 4.78 is 17.2. The van der Waals surface area contributed by atoms with Gasteiger partial charge in [0.1, 0.15) is 11.4 Å². The number of pyridine rings is 1. The first-order valence-electron chi connectivity index (χ1n) is 7.16. The van der Waals surface area contributed by atoms with E-state index in [1.807, 2.05) is 41.5 Å². The Hall–Kier alpha value is -0.940. The van der Waals surface area contributed by atoms with Crippen LogP contribution < -0.4 is 5.32 Å². The highest BCUT2D eigenvalue weighted by molar-refractivity contribution is 7.46. The van der Waals surface area contributed by atoms with E-state index in [-0.39, 0.29) is 0 Å². The topological polar surface area (TPSA) is 91.7 Å². The third-order valence-electron chi connectivity index (χ3n) is 3.79. The van der Waals surface area contributed by atoms with Gasteiger partial charge in [-0.1, -0.05) is 47.6 Å². The van der Waals surface area contributed by atoms with Gasteiger partial charge < -0.3 is 15.1 Å². The van der Waals surface area contributed by atoms with Crippen LogP contribution in [0.2, 0.25) is 0 Å². The zero-order valence-electron chi connectivity index (χ0n) is 14.3. The Labute approximate surface area is 132 Å². The lowest BCUT2D eigenvalue weighted by Crippen LogP contribution is -2.52. The van der Waals surface area contributed by atoms with Gasteiger partial charge in [-0.25, -0.2) is 9.55 Å². The molecule has 0 spiro atoms. The summed E-state index contributed by atoms with van der Waals surface area (Å²) in [7, 11) is -3.01. The highest BCUT2D eigenvalue weighted by Gasteiger charge is 2.57. The van der Waals surface area contributed by atoms with Gasteiger partial charge in [0.2, 0.25) is 0 Å². The Morgan fingerprint density at radius 1 is 1.14 bits per heavy atom. The van der Waals surface area contributed by atoms with Crippen LogP contribution >= 0.6 is 7.82 Å². The number of anilines is 1. The smallest absolute Gasteiger partial charge is 0.373 e. The molecule has 0 fully saturated rings. The Morgan fingerprint density at radius 2 is 1.64 bits per heavy atom. The summed E-state index contributed by atoms with van der Waals surface area (Å²) in [6.07, 6.45) is 1.63. The molecule has 1 aromatic rings. The van der Waals surface area contributed by atoms with E-state index in [1.165, 1.54) is 0 Å². The minimum atomic E-state index is -4.73. The van der Waals surface area contributed by atoms with Crippen molar-refractivity contribution in [2.75, 3.05) is 12.4 Å². The minimum absolute atomic E-state index is 0.542. The maximum absolute atomic E-state index is 11.7. The Kier molecular flexibility index (Phi) is 5.15. The van der Waals surface area contributed by atoms with E-state index in [0.29, 0.717) is 11.4 Å². The summed E-state index contributed by atoms with van der Waals surface area (Å²) in [5.74, 6) is 0.542. The van der Waals surface area contributed by atoms with Gasteiger partial charge in [-0.15, -0.1) is 0 Å². The molecule has 0 atom stereocenters. The summed E-state index contributed by atoms with van der Waals surface area (Å²) >= 11 is 0. The number of hydrogen-bond acceptors (Lipinski definition) is 4. The molecule has 3 N–H and O–H groups in total. The molecule has 126 valence electrons. The van der Waals surface area contributed by atoms with Gasteiger partial charge in [0.25, 0.3) is 0 Å². The van der Waals surface area contributed by atoms with Crippen LogP contribution in [-0.2, 0) is 14.7 Å². The summed E-state index contributed by atoms with van der Waals surface area (Å²) in [5.41, 5.74) is -1.81. The molecule has 0 aliphatic carbocycles. The molecule has 0 aliphatic rings. The molecule has 1 heterocycles. The number of phosphoric ester groups is 1. The van der Waals surface area contributed by atoms with Gasteiger partial charge in [0.15, 0.2) is 0 Å². The molecule has 0 amide bonds. The average Bonchev–Trinajstić information content (AvgIpc) is 2.32. The fourth-order valence-electron chi connectivity index (χ4n) is 3.32. The molecule has 0 saturated heterocycles. The molecule has 1 rings (SSSR count). The average molecular weight is 330 g/mol. The first-order chi connectivity index (χ1) is 9.76. The highest BCUT2D eigenvalue weighted by atomic mass is 31.2. The normalized spacial score (nSPS) is 14.0. The predicted octanol–water partition coefficient (Wildman–Crippen LogP) is 3.52. The second-order valence-electron chi connectivity index (χ2n) is 7.41. The SMILES string of the molecule is CNc1ncccc1C(OP(=O)(O)O)(C(C)(C)C)C(C)(C)C. The second-order valence-corrected chi connectivity index (χ2v) is 8.58. The van der Waals surface area contributed by atoms with E-state index in [2.05, 4.69) is 10.3 Å². The zero-order chi connectivity index (χ0) is 17.4. The molecule has 1 aromatic heterocycles. The third kappa shape index (κ3) is 3.51. The molecular formula is C15H27N2O4P. The number of phosphoric acid groups is 1. The maximum Gasteiger partial charge on any atom is 0.470 e.